The monoisotopic (exact) mass is 428 g/mol. The number of H-pyrrole nitrogens is 1. The molecular weight excluding hydrogens is 400 g/mol. The van der Waals surface area contributed by atoms with Gasteiger partial charge in [0.25, 0.3) is 0 Å². The summed E-state index contributed by atoms with van der Waals surface area (Å²) in [5.74, 6) is 0. The SMILES string of the molecule is O=c1[nH]c2ccccc2n1OCCN1CCN(C(c2ccccc2)c2ccccc2)CC1. The maximum atomic E-state index is 12.2. The van der Waals surface area contributed by atoms with Crippen LogP contribution in [0.1, 0.15) is 17.2 Å². The third kappa shape index (κ3) is 4.33. The highest BCUT2D eigenvalue weighted by atomic mass is 16.7. The molecule has 0 amide bonds. The van der Waals surface area contributed by atoms with Crippen LogP contribution < -0.4 is 10.5 Å². The van der Waals surface area contributed by atoms with Gasteiger partial charge in [-0.25, -0.2) is 4.79 Å². The number of benzene rings is 3. The van der Waals surface area contributed by atoms with E-state index >= 15 is 0 Å². The summed E-state index contributed by atoms with van der Waals surface area (Å²) in [7, 11) is 0. The van der Waals surface area contributed by atoms with Gasteiger partial charge in [-0.2, -0.15) is 0 Å². The number of rotatable bonds is 7. The van der Waals surface area contributed by atoms with Gasteiger partial charge in [0, 0.05) is 32.7 Å². The fourth-order valence-corrected chi connectivity index (χ4v) is 4.55. The Hall–Kier alpha value is -3.35. The number of hydrogen-bond donors (Lipinski definition) is 1. The Morgan fingerprint density at radius 2 is 1.38 bits per heavy atom. The first-order valence-electron chi connectivity index (χ1n) is 11.2. The van der Waals surface area contributed by atoms with E-state index in [0.29, 0.717) is 6.61 Å². The summed E-state index contributed by atoms with van der Waals surface area (Å²) in [6, 6.07) is 29.3. The number of para-hydroxylation sites is 2. The molecule has 1 aliphatic heterocycles. The molecule has 5 rings (SSSR count). The van der Waals surface area contributed by atoms with Crippen LogP contribution in [0.25, 0.3) is 11.0 Å². The second kappa shape index (κ2) is 9.42. The van der Waals surface area contributed by atoms with Gasteiger partial charge in [0.2, 0.25) is 0 Å². The zero-order valence-corrected chi connectivity index (χ0v) is 18.1. The minimum atomic E-state index is -0.232. The van der Waals surface area contributed by atoms with Crippen LogP contribution in [-0.4, -0.2) is 58.8 Å². The van der Waals surface area contributed by atoms with Crippen molar-refractivity contribution in [1.82, 2.24) is 19.5 Å². The molecule has 3 aromatic carbocycles. The third-order valence-corrected chi connectivity index (χ3v) is 6.18. The number of fused-ring (bicyclic) bond motifs is 1. The summed E-state index contributed by atoms with van der Waals surface area (Å²) in [5.41, 5.74) is 3.99. The first kappa shape index (κ1) is 20.5. The van der Waals surface area contributed by atoms with Crippen LogP contribution in [0.3, 0.4) is 0 Å². The standard InChI is InChI=1S/C26H28N4O2/c31-26-27-23-13-7-8-14-24(23)30(26)32-20-19-28-15-17-29(18-16-28)25(21-9-3-1-4-10-21)22-11-5-2-6-12-22/h1-14,25H,15-20H2,(H,27,31). The minimum Gasteiger partial charge on any atom is -0.408 e. The Labute approximate surface area is 187 Å². The van der Waals surface area contributed by atoms with E-state index in [1.165, 1.54) is 15.9 Å². The van der Waals surface area contributed by atoms with Gasteiger partial charge in [0.1, 0.15) is 12.1 Å². The van der Waals surface area contributed by atoms with Crippen LogP contribution in [0.4, 0.5) is 0 Å². The molecule has 0 unspecified atom stereocenters. The number of imidazole rings is 1. The molecular formula is C26H28N4O2. The van der Waals surface area contributed by atoms with Gasteiger partial charge < -0.3 is 9.82 Å². The van der Waals surface area contributed by atoms with Crippen LogP contribution >= 0.6 is 0 Å². The Bertz CT molecular complexity index is 1160. The van der Waals surface area contributed by atoms with Gasteiger partial charge in [-0.3, -0.25) is 9.80 Å². The minimum absolute atomic E-state index is 0.232. The zero-order valence-electron chi connectivity index (χ0n) is 18.1. The maximum Gasteiger partial charge on any atom is 0.359 e. The molecule has 0 bridgehead atoms. The van der Waals surface area contributed by atoms with Crippen LogP contribution in [-0.2, 0) is 0 Å². The second-order valence-electron chi connectivity index (χ2n) is 8.18. The summed E-state index contributed by atoms with van der Waals surface area (Å²) in [5, 5.41) is 0. The largest absolute Gasteiger partial charge is 0.408 e. The first-order chi connectivity index (χ1) is 15.8. The molecule has 1 fully saturated rings. The average molecular weight is 429 g/mol. The van der Waals surface area contributed by atoms with E-state index in [4.69, 9.17) is 4.84 Å². The number of hydrogen-bond acceptors (Lipinski definition) is 4. The Kier molecular flexibility index (Phi) is 6.05. The van der Waals surface area contributed by atoms with Crippen molar-refractivity contribution in [1.29, 1.82) is 0 Å². The zero-order chi connectivity index (χ0) is 21.8. The number of nitrogens with one attached hydrogen (secondary N) is 1. The van der Waals surface area contributed by atoms with Gasteiger partial charge in [-0.1, -0.05) is 72.8 Å². The Morgan fingerprint density at radius 1 is 0.781 bits per heavy atom. The van der Waals surface area contributed by atoms with Crippen LogP contribution in [0.15, 0.2) is 89.7 Å². The topological polar surface area (TPSA) is 53.5 Å². The van der Waals surface area contributed by atoms with Gasteiger partial charge in [-0.15, -0.1) is 4.73 Å². The van der Waals surface area contributed by atoms with Crippen molar-refractivity contribution >= 4 is 11.0 Å². The molecule has 2 heterocycles. The van der Waals surface area contributed by atoms with Gasteiger partial charge in [0.05, 0.1) is 11.6 Å². The lowest BCUT2D eigenvalue weighted by Crippen LogP contribution is -2.49. The van der Waals surface area contributed by atoms with Crippen LogP contribution in [0.5, 0.6) is 0 Å². The molecule has 1 aromatic heterocycles. The molecule has 6 heteroatoms. The molecule has 1 saturated heterocycles. The molecule has 4 aromatic rings. The lowest BCUT2D eigenvalue weighted by atomic mass is 9.96. The molecule has 0 atom stereocenters. The molecule has 0 radical (unpaired) electrons. The number of piperazine rings is 1. The fourth-order valence-electron chi connectivity index (χ4n) is 4.55. The number of aromatic nitrogens is 2. The molecule has 1 aliphatic rings. The highest BCUT2D eigenvalue weighted by Crippen LogP contribution is 2.29. The van der Waals surface area contributed by atoms with Crippen molar-refractivity contribution in [2.45, 2.75) is 6.04 Å². The highest BCUT2D eigenvalue weighted by molar-refractivity contribution is 5.74. The summed E-state index contributed by atoms with van der Waals surface area (Å²) < 4.78 is 1.37. The first-order valence-corrected chi connectivity index (χ1v) is 11.2. The summed E-state index contributed by atoms with van der Waals surface area (Å²) in [6.45, 7) is 5.19. The normalized spacial score (nSPS) is 15.4. The van der Waals surface area contributed by atoms with E-state index in [0.717, 1.165) is 43.8 Å². The van der Waals surface area contributed by atoms with E-state index < -0.39 is 0 Å². The fraction of sp³-hybridized carbons (Fsp3) is 0.269. The number of nitrogens with zero attached hydrogens (tertiary/aromatic N) is 3. The second-order valence-corrected chi connectivity index (χ2v) is 8.18. The van der Waals surface area contributed by atoms with Crippen molar-refractivity contribution in [3.05, 3.63) is 107 Å². The van der Waals surface area contributed by atoms with E-state index in [1.807, 2.05) is 24.3 Å². The van der Waals surface area contributed by atoms with E-state index in [1.54, 1.807) is 0 Å². The highest BCUT2D eigenvalue weighted by Gasteiger charge is 2.26. The smallest absolute Gasteiger partial charge is 0.359 e. The van der Waals surface area contributed by atoms with Crippen molar-refractivity contribution < 1.29 is 4.84 Å². The van der Waals surface area contributed by atoms with Crippen molar-refractivity contribution in [2.75, 3.05) is 39.3 Å². The molecule has 0 saturated carbocycles. The molecule has 1 N–H and O–H groups in total. The quantitative estimate of drug-likeness (QED) is 0.491. The molecule has 6 nitrogen and oxygen atoms in total. The van der Waals surface area contributed by atoms with Crippen molar-refractivity contribution in [2.24, 2.45) is 0 Å². The number of aromatic amines is 1. The summed E-state index contributed by atoms with van der Waals surface area (Å²) in [4.78, 5) is 25.8. The summed E-state index contributed by atoms with van der Waals surface area (Å²) in [6.07, 6.45) is 0. The molecule has 32 heavy (non-hydrogen) atoms. The summed E-state index contributed by atoms with van der Waals surface area (Å²) >= 11 is 0. The van der Waals surface area contributed by atoms with Crippen molar-refractivity contribution in [3.8, 4) is 0 Å². The molecule has 164 valence electrons. The maximum absolute atomic E-state index is 12.2. The Balaban J connectivity index is 1.20. The van der Waals surface area contributed by atoms with Crippen LogP contribution in [0.2, 0.25) is 0 Å². The molecule has 0 aliphatic carbocycles. The van der Waals surface area contributed by atoms with Crippen molar-refractivity contribution in [3.63, 3.8) is 0 Å². The van der Waals surface area contributed by atoms with E-state index in [2.05, 4.69) is 75.4 Å². The molecule has 0 spiro atoms. The average Bonchev–Trinajstić information content (AvgIpc) is 3.17. The van der Waals surface area contributed by atoms with E-state index in [9.17, 15) is 4.79 Å². The van der Waals surface area contributed by atoms with E-state index in [-0.39, 0.29) is 11.7 Å². The predicted molar refractivity (Wildman–Crippen MR) is 127 cm³/mol. The predicted octanol–water partition coefficient (Wildman–Crippen LogP) is 3.17. The lowest BCUT2D eigenvalue weighted by molar-refractivity contribution is 0.0588. The lowest BCUT2D eigenvalue weighted by Gasteiger charge is -2.39. The van der Waals surface area contributed by atoms with Gasteiger partial charge in [-0.05, 0) is 23.3 Å². The van der Waals surface area contributed by atoms with Gasteiger partial charge in [0.15, 0.2) is 0 Å². The van der Waals surface area contributed by atoms with Crippen LogP contribution in [0, 0.1) is 0 Å². The van der Waals surface area contributed by atoms with Gasteiger partial charge >= 0.3 is 5.69 Å². The third-order valence-electron chi connectivity index (χ3n) is 6.18. The Morgan fingerprint density at radius 3 is 2.03 bits per heavy atom.